The van der Waals surface area contributed by atoms with Crippen molar-refractivity contribution in [1.82, 2.24) is 0 Å². The highest BCUT2D eigenvalue weighted by atomic mass is 35.5. The van der Waals surface area contributed by atoms with Crippen molar-refractivity contribution in [3.8, 4) is 0 Å². The zero-order chi connectivity index (χ0) is 14.0. The van der Waals surface area contributed by atoms with Crippen LogP contribution in [0.1, 0.15) is 35.3 Å². The maximum Gasteiger partial charge on any atom is 0.306 e. The van der Waals surface area contributed by atoms with Crippen LogP contribution in [0.3, 0.4) is 0 Å². The van der Waals surface area contributed by atoms with Crippen LogP contribution in [0.2, 0.25) is 5.02 Å². The molecule has 1 aromatic rings. The van der Waals surface area contributed by atoms with Gasteiger partial charge in [0.2, 0.25) is 0 Å². The molecule has 3 nitrogen and oxygen atoms in total. The van der Waals surface area contributed by atoms with Crippen LogP contribution in [0.5, 0.6) is 0 Å². The Morgan fingerprint density at radius 3 is 2.11 bits per heavy atom. The Balaban J connectivity index is 3.11. The second kappa shape index (κ2) is 5.53. The predicted molar refractivity (Wildman–Crippen MR) is 71.2 cm³/mol. The standard InChI is InChI=1S/C14H17ClO3/c1-7-5-11(12(15)6-8(7)2)13(16)9(3)10(4)14(17)18/h5-6,9-10H,1-4H3,(H,17,18). The molecule has 0 radical (unpaired) electrons. The third-order valence-corrected chi connectivity index (χ3v) is 3.71. The molecule has 0 fully saturated rings. The minimum Gasteiger partial charge on any atom is -0.481 e. The van der Waals surface area contributed by atoms with Gasteiger partial charge in [-0.25, -0.2) is 0 Å². The van der Waals surface area contributed by atoms with E-state index in [1.807, 2.05) is 13.8 Å². The molecule has 1 N–H and O–H groups in total. The highest BCUT2D eigenvalue weighted by molar-refractivity contribution is 6.34. The van der Waals surface area contributed by atoms with Gasteiger partial charge in [0.25, 0.3) is 0 Å². The number of carbonyl (C=O) groups is 2. The Bertz CT molecular complexity index is 494. The summed E-state index contributed by atoms with van der Waals surface area (Å²) in [5.74, 6) is -2.52. The summed E-state index contributed by atoms with van der Waals surface area (Å²) >= 11 is 6.06. The van der Waals surface area contributed by atoms with Crippen LogP contribution >= 0.6 is 11.6 Å². The first kappa shape index (κ1) is 14.7. The number of aryl methyl sites for hydroxylation is 2. The number of carbonyl (C=O) groups excluding carboxylic acids is 1. The number of rotatable bonds is 4. The van der Waals surface area contributed by atoms with Crippen LogP contribution in [-0.2, 0) is 4.79 Å². The summed E-state index contributed by atoms with van der Waals surface area (Å²) in [6.45, 7) is 6.96. The summed E-state index contributed by atoms with van der Waals surface area (Å²) < 4.78 is 0. The molecule has 0 aliphatic carbocycles. The van der Waals surface area contributed by atoms with E-state index >= 15 is 0 Å². The van der Waals surface area contributed by atoms with Gasteiger partial charge in [0.15, 0.2) is 5.78 Å². The molecular formula is C14H17ClO3. The summed E-state index contributed by atoms with van der Waals surface area (Å²) in [6, 6.07) is 3.47. The molecule has 1 rings (SSSR count). The van der Waals surface area contributed by atoms with E-state index in [-0.39, 0.29) is 5.78 Å². The van der Waals surface area contributed by atoms with Crippen molar-refractivity contribution in [2.24, 2.45) is 11.8 Å². The lowest BCUT2D eigenvalue weighted by atomic mass is 9.87. The summed E-state index contributed by atoms with van der Waals surface area (Å²) in [5.41, 5.74) is 2.38. The number of carboxylic acids is 1. The van der Waals surface area contributed by atoms with Gasteiger partial charge in [-0.05, 0) is 37.1 Å². The van der Waals surface area contributed by atoms with E-state index in [4.69, 9.17) is 16.7 Å². The topological polar surface area (TPSA) is 54.4 Å². The van der Waals surface area contributed by atoms with Gasteiger partial charge in [-0.1, -0.05) is 25.4 Å². The highest BCUT2D eigenvalue weighted by Gasteiger charge is 2.27. The average Bonchev–Trinajstić information content (AvgIpc) is 2.30. The van der Waals surface area contributed by atoms with Crippen molar-refractivity contribution in [3.63, 3.8) is 0 Å². The van der Waals surface area contributed by atoms with Crippen molar-refractivity contribution >= 4 is 23.4 Å². The first-order valence-corrected chi connectivity index (χ1v) is 6.17. The van der Waals surface area contributed by atoms with Gasteiger partial charge in [0.1, 0.15) is 0 Å². The molecule has 0 aliphatic heterocycles. The van der Waals surface area contributed by atoms with E-state index < -0.39 is 17.8 Å². The zero-order valence-electron chi connectivity index (χ0n) is 11.0. The van der Waals surface area contributed by atoms with Gasteiger partial charge in [-0.2, -0.15) is 0 Å². The first-order valence-electron chi connectivity index (χ1n) is 5.79. The van der Waals surface area contributed by atoms with Gasteiger partial charge in [-0.15, -0.1) is 0 Å². The van der Waals surface area contributed by atoms with Crippen molar-refractivity contribution in [1.29, 1.82) is 0 Å². The van der Waals surface area contributed by atoms with E-state index in [9.17, 15) is 9.59 Å². The first-order chi connectivity index (χ1) is 8.25. The molecule has 0 spiro atoms. The Morgan fingerprint density at radius 1 is 1.11 bits per heavy atom. The summed E-state index contributed by atoms with van der Waals surface area (Å²) in [4.78, 5) is 23.1. The number of ketones is 1. The quantitative estimate of drug-likeness (QED) is 0.851. The molecule has 0 saturated carbocycles. The predicted octanol–water partition coefficient (Wildman–Crippen LogP) is 3.50. The van der Waals surface area contributed by atoms with E-state index in [0.29, 0.717) is 10.6 Å². The monoisotopic (exact) mass is 268 g/mol. The average molecular weight is 269 g/mol. The van der Waals surface area contributed by atoms with Crippen molar-refractivity contribution in [2.75, 3.05) is 0 Å². The normalized spacial score (nSPS) is 14.1. The number of benzene rings is 1. The largest absolute Gasteiger partial charge is 0.481 e. The van der Waals surface area contributed by atoms with Crippen LogP contribution in [0.15, 0.2) is 12.1 Å². The molecule has 1 aromatic carbocycles. The molecule has 4 heteroatoms. The van der Waals surface area contributed by atoms with Crippen LogP contribution in [-0.4, -0.2) is 16.9 Å². The summed E-state index contributed by atoms with van der Waals surface area (Å²) in [5, 5.41) is 9.31. The van der Waals surface area contributed by atoms with E-state index in [2.05, 4.69) is 0 Å². The highest BCUT2D eigenvalue weighted by Crippen LogP contribution is 2.26. The molecular weight excluding hydrogens is 252 g/mol. The molecule has 2 unspecified atom stereocenters. The molecule has 18 heavy (non-hydrogen) atoms. The Hall–Kier alpha value is -1.35. The molecule has 0 bridgehead atoms. The third kappa shape index (κ3) is 2.91. The molecule has 0 aliphatic rings. The molecule has 0 amide bonds. The maximum absolute atomic E-state index is 12.2. The molecule has 0 aromatic heterocycles. The maximum atomic E-state index is 12.2. The zero-order valence-corrected chi connectivity index (χ0v) is 11.7. The van der Waals surface area contributed by atoms with Gasteiger partial charge >= 0.3 is 5.97 Å². The number of Topliss-reactive ketones (excluding diaryl/α,β-unsaturated/α-hetero) is 1. The minimum atomic E-state index is -0.976. The molecule has 0 saturated heterocycles. The van der Waals surface area contributed by atoms with Crippen molar-refractivity contribution in [3.05, 3.63) is 33.8 Å². The fraction of sp³-hybridized carbons (Fsp3) is 0.429. The van der Waals surface area contributed by atoms with Crippen molar-refractivity contribution < 1.29 is 14.7 Å². The number of halogens is 1. The Labute approximate surface area is 112 Å². The second-order valence-electron chi connectivity index (χ2n) is 4.70. The van der Waals surface area contributed by atoms with Crippen LogP contribution in [0.25, 0.3) is 0 Å². The van der Waals surface area contributed by atoms with E-state index in [1.165, 1.54) is 6.92 Å². The van der Waals surface area contributed by atoms with E-state index in [0.717, 1.165) is 11.1 Å². The minimum absolute atomic E-state index is 0.224. The van der Waals surface area contributed by atoms with Crippen molar-refractivity contribution in [2.45, 2.75) is 27.7 Å². The number of aliphatic carboxylic acids is 1. The lowest BCUT2D eigenvalue weighted by Gasteiger charge is -2.16. The SMILES string of the molecule is Cc1cc(Cl)c(C(=O)C(C)C(C)C(=O)O)cc1C. The number of hydrogen-bond acceptors (Lipinski definition) is 2. The lowest BCUT2D eigenvalue weighted by Crippen LogP contribution is -2.25. The number of carboxylic acid groups (broad SMARTS) is 1. The van der Waals surface area contributed by atoms with Gasteiger partial charge in [-0.3, -0.25) is 9.59 Å². The van der Waals surface area contributed by atoms with Crippen LogP contribution < -0.4 is 0 Å². The third-order valence-electron chi connectivity index (χ3n) is 3.40. The summed E-state index contributed by atoms with van der Waals surface area (Å²) in [6.07, 6.45) is 0. The summed E-state index contributed by atoms with van der Waals surface area (Å²) in [7, 11) is 0. The Morgan fingerprint density at radius 2 is 1.61 bits per heavy atom. The van der Waals surface area contributed by atoms with E-state index in [1.54, 1.807) is 19.1 Å². The lowest BCUT2D eigenvalue weighted by molar-refractivity contribution is -0.142. The van der Waals surface area contributed by atoms with Crippen LogP contribution in [0, 0.1) is 25.7 Å². The van der Waals surface area contributed by atoms with Gasteiger partial charge < -0.3 is 5.11 Å². The van der Waals surface area contributed by atoms with Gasteiger partial charge in [0, 0.05) is 11.5 Å². The smallest absolute Gasteiger partial charge is 0.306 e. The number of hydrogen-bond donors (Lipinski definition) is 1. The van der Waals surface area contributed by atoms with Crippen LogP contribution in [0.4, 0.5) is 0 Å². The fourth-order valence-electron chi connectivity index (χ4n) is 1.66. The van der Waals surface area contributed by atoms with Gasteiger partial charge in [0.05, 0.1) is 10.9 Å². The molecule has 0 heterocycles. The molecule has 98 valence electrons. The molecule has 2 atom stereocenters. The Kier molecular flexibility index (Phi) is 4.52. The fourth-order valence-corrected chi connectivity index (χ4v) is 1.97. The second-order valence-corrected chi connectivity index (χ2v) is 5.10.